The molecular weight excluding hydrogens is 226 g/mol. The minimum atomic E-state index is -0.573. The molecule has 18 heavy (non-hydrogen) atoms. The molecule has 0 amide bonds. The summed E-state index contributed by atoms with van der Waals surface area (Å²) in [6.07, 6.45) is 6.25. The lowest BCUT2D eigenvalue weighted by atomic mass is 9.77. The predicted octanol–water partition coefficient (Wildman–Crippen LogP) is 1.92. The van der Waals surface area contributed by atoms with Crippen LogP contribution in [-0.4, -0.2) is 35.0 Å². The van der Waals surface area contributed by atoms with Crippen molar-refractivity contribution in [2.24, 2.45) is 17.8 Å². The molecule has 0 spiro atoms. The second-order valence-corrected chi connectivity index (χ2v) is 6.68. The van der Waals surface area contributed by atoms with Gasteiger partial charge in [-0.2, -0.15) is 0 Å². The quantitative estimate of drug-likeness (QED) is 0.719. The lowest BCUT2D eigenvalue weighted by Gasteiger charge is -2.33. The van der Waals surface area contributed by atoms with Gasteiger partial charge in [-0.15, -0.1) is 0 Å². The van der Waals surface area contributed by atoms with E-state index in [2.05, 4.69) is 19.2 Å². The fourth-order valence-corrected chi connectivity index (χ4v) is 3.75. The lowest BCUT2D eigenvalue weighted by molar-refractivity contribution is 0.0285. The van der Waals surface area contributed by atoms with E-state index in [-0.39, 0.29) is 6.04 Å². The van der Waals surface area contributed by atoms with Gasteiger partial charge in [0, 0.05) is 6.04 Å². The fourth-order valence-electron chi connectivity index (χ4n) is 3.75. The van der Waals surface area contributed by atoms with E-state index in [1.807, 2.05) is 0 Å². The van der Waals surface area contributed by atoms with E-state index in [9.17, 15) is 10.2 Å². The molecule has 2 rings (SSSR count). The van der Waals surface area contributed by atoms with Gasteiger partial charge in [0.05, 0.1) is 12.2 Å². The van der Waals surface area contributed by atoms with Crippen molar-refractivity contribution in [2.45, 2.75) is 70.6 Å². The number of aliphatic hydroxyl groups excluding tert-OH is 2. The summed E-state index contributed by atoms with van der Waals surface area (Å²) in [5.41, 5.74) is 0. The van der Waals surface area contributed by atoms with Crippen molar-refractivity contribution in [1.82, 2.24) is 5.32 Å². The summed E-state index contributed by atoms with van der Waals surface area (Å²) in [5.74, 6) is 1.76. The summed E-state index contributed by atoms with van der Waals surface area (Å²) in [6, 6.07) is 0.102. The third-order valence-electron chi connectivity index (χ3n) is 4.75. The molecule has 0 aromatic carbocycles. The Morgan fingerprint density at radius 3 is 2.39 bits per heavy atom. The van der Waals surface area contributed by atoms with E-state index >= 15 is 0 Å². The van der Waals surface area contributed by atoms with E-state index in [1.54, 1.807) is 0 Å². The molecule has 3 heteroatoms. The van der Waals surface area contributed by atoms with Gasteiger partial charge in [0.1, 0.15) is 0 Å². The Balaban J connectivity index is 1.97. The number of nitrogens with one attached hydrogen (secondary N) is 1. The van der Waals surface area contributed by atoms with Crippen molar-refractivity contribution < 1.29 is 10.2 Å². The van der Waals surface area contributed by atoms with Gasteiger partial charge >= 0.3 is 0 Å². The maximum absolute atomic E-state index is 10.2. The molecule has 106 valence electrons. The SMILES string of the molecule is CC(C)CNC1C(O)C(O)CC1C1CCCCC1. The zero-order valence-electron chi connectivity index (χ0n) is 11.8. The summed E-state index contributed by atoms with van der Waals surface area (Å²) < 4.78 is 0. The molecule has 2 aliphatic rings. The maximum atomic E-state index is 10.2. The number of aliphatic hydroxyl groups is 2. The first-order valence-electron chi connectivity index (χ1n) is 7.69. The van der Waals surface area contributed by atoms with Crippen LogP contribution in [0.2, 0.25) is 0 Å². The number of hydrogen-bond donors (Lipinski definition) is 3. The normalized spacial score (nSPS) is 38.5. The summed E-state index contributed by atoms with van der Waals surface area (Å²) in [7, 11) is 0. The standard InChI is InChI=1S/C15H29NO2/c1-10(2)9-16-14-12(8-13(17)15(14)18)11-6-4-3-5-7-11/h10-18H,3-9H2,1-2H3. The second-order valence-electron chi connectivity index (χ2n) is 6.68. The van der Waals surface area contributed by atoms with Crippen LogP contribution >= 0.6 is 0 Å². The minimum absolute atomic E-state index is 0.102. The topological polar surface area (TPSA) is 52.5 Å². The molecule has 4 unspecified atom stereocenters. The Hall–Kier alpha value is -0.120. The Kier molecular flexibility index (Phi) is 5.05. The average molecular weight is 255 g/mol. The first-order valence-corrected chi connectivity index (χ1v) is 7.69. The highest BCUT2D eigenvalue weighted by molar-refractivity contribution is 4.99. The van der Waals surface area contributed by atoms with Crippen LogP contribution in [0.3, 0.4) is 0 Å². The monoisotopic (exact) mass is 255 g/mol. The van der Waals surface area contributed by atoms with Crippen molar-refractivity contribution in [3.8, 4) is 0 Å². The Labute approximate surface area is 111 Å². The smallest absolute Gasteiger partial charge is 0.0954 e. The summed E-state index contributed by atoms with van der Waals surface area (Å²) >= 11 is 0. The van der Waals surface area contributed by atoms with Crippen LogP contribution in [0.15, 0.2) is 0 Å². The van der Waals surface area contributed by atoms with Crippen LogP contribution in [0.25, 0.3) is 0 Å². The van der Waals surface area contributed by atoms with Crippen LogP contribution < -0.4 is 5.32 Å². The first-order chi connectivity index (χ1) is 8.59. The fraction of sp³-hybridized carbons (Fsp3) is 1.00. The number of rotatable bonds is 4. The molecule has 2 fully saturated rings. The summed E-state index contributed by atoms with van der Waals surface area (Å²) in [5, 5.41) is 23.6. The largest absolute Gasteiger partial charge is 0.390 e. The number of hydrogen-bond acceptors (Lipinski definition) is 3. The van der Waals surface area contributed by atoms with Gasteiger partial charge in [0.15, 0.2) is 0 Å². The molecule has 4 atom stereocenters. The van der Waals surface area contributed by atoms with Gasteiger partial charge in [-0.25, -0.2) is 0 Å². The van der Waals surface area contributed by atoms with Crippen molar-refractivity contribution in [1.29, 1.82) is 0 Å². The molecule has 0 aromatic heterocycles. The molecule has 0 aliphatic heterocycles. The molecule has 0 bridgehead atoms. The van der Waals surface area contributed by atoms with Crippen LogP contribution in [0.1, 0.15) is 52.4 Å². The molecule has 3 nitrogen and oxygen atoms in total. The Morgan fingerprint density at radius 2 is 1.78 bits per heavy atom. The van der Waals surface area contributed by atoms with Crippen LogP contribution in [0.4, 0.5) is 0 Å². The van der Waals surface area contributed by atoms with Crippen molar-refractivity contribution >= 4 is 0 Å². The van der Waals surface area contributed by atoms with Crippen molar-refractivity contribution in [3.63, 3.8) is 0 Å². The molecule has 0 saturated heterocycles. The molecule has 2 saturated carbocycles. The van der Waals surface area contributed by atoms with E-state index in [1.165, 1.54) is 32.1 Å². The highest BCUT2D eigenvalue weighted by Crippen LogP contribution is 2.39. The van der Waals surface area contributed by atoms with E-state index in [0.29, 0.717) is 17.8 Å². The molecule has 3 N–H and O–H groups in total. The lowest BCUT2D eigenvalue weighted by Crippen LogP contribution is -2.46. The molecule has 0 radical (unpaired) electrons. The predicted molar refractivity (Wildman–Crippen MR) is 73.3 cm³/mol. The molecule has 2 aliphatic carbocycles. The Morgan fingerprint density at radius 1 is 1.11 bits per heavy atom. The van der Waals surface area contributed by atoms with Crippen LogP contribution in [-0.2, 0) is 0 Å². The van der Waals surface area contributed by atoms with E-state index in [4.69, 9.17) is 0 Å². The highest BCUT2D eigenvalue weighted by atomic mass is 16.3. The zero-order chi connectivity index (χ0) is 13.1. The third kappa shape index (κ3) is 3.25. The zero-order valence-corrected chi connectivity index (χ0v) is 11.8. The third-order valence-corrected chi connectivity index (χ3v) is 4.75. The summed E-state index contributed by atoms with van der Waals surface area (Å²) in [6.45, 7) is 5.29. The van der Waals surface area contributed by atoms with E-state index in [0.717, 1.165) is 13.0 Å². The minimum Gasteiger partial charge on any atom is -0.390 e. The van der Waals surface area contributed by atoms with Gasteiger partial charge in [-0.05, 0) is 30.7 Å². The van der Waals surface area contributed by atoms with Gasteiger partial charge in [-0.1, -0.05) is 46.0 Å². The van der Waals surface area contributed by atoms with Gasteiger partial charge < -0.3 is 15.5 Å². The van der Waals surface area contributed by atoms with Gasteiger partial charge in [-0.3, -0.25) is 0 Å². The van der Waals surface area contributed by atoms with Crippen LogP contribution in [0, 0.1) is 17.8 Å². The molecule has 0 aromatic rings. The Bertz CT molecular complexity index is 251. The average Bonchev–Trinajstić information content (AvgIpc) is 2.64. The second kappa shape index (κ2) is 6.36. The van der Waals surface area contributed by atoms with Gasteiger partial charge in [0.25, 0.3) is 0 Å². The highest BCUT2D eigenvalue weighted by Gasteiger charge is 2.44. The molecular formula is C15H29NO2. The molecule has 0 heterocycles. The van der Waals surface area contributed by atoms with E-state index < -0.39 is 12.2 Å². The van der Waals surface area contributed by atoms with Crippen LogP contribution in [0.5, 0.6) is 0 Å². The maximum Gasteiger partial charge on any atom is 0.0954 e. The first kappa shape index (κ1) is 14.3. The van der Waals surface area contributed by atoms with Crippen molar-refractivity contribution in [2.75, 3.05) is 6.54 Å². The summed E-state index contributed by atoms with van der Waals surface area (Å²) in [4.78, 5) is 0. The van der Waals surface area contributed by atoms with Gasteiger partial charge in [0.2, 0.25) is 0 Å². The van der Waals surface area contributed by atoms with Crippen molar-refractivity contribution in [3.05, 3.63) is 0 Å².